The Morgan fingerprint density at radius 1 is 1.30 bits per heavy atom. The van der Waals surface area contributed by atoms with Gasteiger partial charge in [-0.05, 0) is 25.0 Å². The number of carbonyl (C=O) groups excluding carboxylic acids is 1. The number of methoxy groups -OCH3 is 1. The van der Waals surface area contributed by atoms with Crippen LogP contribution in [0.3, 0.4) is 0 Å². The van der Waals surface area contributed by atoms with Crippen molar-refractivity contribution >= 4 is 5.91 Å². The van der Waals surface area contributed by atoms with Gasteiger partial charge in [0.1, 0.15) is 11.5 Å². The molecule has 0 bridgehead atoms. The molecule has 0 radical (unpaired) electrons. The number of likely N-dealkylation sites (N-methyl/N-ethyl adjacent to an activating group) is 1. The molecule has 0 unspecified atom stereocenters. The van der Waals surface area contributed by atoms with Gasteiger partial charge in [-0.3, -0.25) is 4.79 Å². The summed E-state index contributed by atoms with van der Waals surface area (Å²) in [6.07, 6.45) is 2.04. The lowest BCUT2D eigenvalue weighted by atomic mass is 10.0. The number of benzene rings is 1. The second-order valence-electron chi connectivity index (χ2n) is 6.00. The molecule has 1 aromatic heterocycles. The number of para-hydroxylation sites is 1. The third-order valence-electron chi connectivity index (χ3n) is 4.01. The monoisotopic (exact) mass is 316 g/mol. The third kappa shape index (κ3) is 3.73. The summed E-state index contributed by atoms with van der Waals surface area (Å²) in [5.74, 6) is 1.47. The summed E-state index contributed by atoms with van der Waals surface area (Å²) in [4.78, 5) is 18.5. The topological polar surface area (TPSA) is 55.6 Å². The Hall–Kier alpha value is -2.30. The maximum atomic E-state index is 12.7. The highest BCUT2D eigenvalue weighted by atomic mass is 16.5. The molecule has 1 aromatic carbocycles. The standard InChI is InChI=1S/C18H24N2O3/c1-12(2)17-16(19-11-23-17)18(21)20(4)13(3)10-14-8-6-7-9-15(14)22-5/h6-9,11-13H,10H2,1-5H3/t13-/m0/s1. The fraction of sp³-hybridized carbons (Fsp3) is 0.444. The first-order valence-corrected chi connectivity index (χ1v) is 7.78. The zero-order valence-corrected chi connectivity index (χ0v) is 14.4. The van der Waals surface area contributed by atoms with E-state index in [1.54, 1.807) is 19.1 Å². The summed E-state index contributed by atoms with van der Waals surface area (Å²) in [7, 11) is 3.45. The van der Waals surface area contributed by atoms with Gasteiger partial charge in [-0.25, -0.2) is 4.98 Å². The van der Waals surface area contributed by atoms with Crippen molar-refractivity contribution in [1.29, 1.82) is 0 Å². The van der Waals surface area contributed by atoms with Crippen LogP contribution in [0.25, 0.3) is 0 Å². The molecule has 0 aliphatic rings. The SMILES string of the molecule is COc1ccccc1C[C@H](C)N(C)C(=O)c1ncoc1C(C)C. The molecule has 1 atom stereocenters. The molecular formula is C18H24N2O3. The van der Waals surface area contributed by atoms with Crippen LogP contribution in [0, 0.1) is 0 Å². The van der Waals surface area contributed by atoms with Gasteiger partial charge < -0.3 is 14.1 Å². The molecule has 0 aliphatic carbocycles. The van der Waals surface area contributed by atoms with E-state index in [1.807, 2.05) is 45.0 Å². The van der Waals surface area contributed by atoms with E-state index in [4.69, 9.17) is 9.15 Å². The van der Waals surface area contributed by atoms with Gasteiger partial charge in [-0.15, -0.1) is 0 Å². The molecule has 2 rings (SSSR count). The van der Waals surface area contributed by atoms with Gasteiger partial charge in [0, 0.05) is 19.0 Å². The van der Waals surface area contributed by atoms with Crippen LogP contribution < -0.4 is 4.74 Å². The summed E-state index contributed by atoms with van der Waals surface area (Å²) >= 11 is 0. The molecule has 1 amide bonds. The van der Waals surface area contributed by atoms with Crippen LogP contribution in [-0.4, -0.2) is 36.0 Å². The van der Waals surface area contributed by atoms with E-state index < -0.39 is 0 Å². The van der Waals surface area contributed by atoms with E-state index in [0.29, 0.717) is 17.9 Å². The van der Waals surface area contributed by atoms with Crippen LogP contribution >= 0.6 is 0 Å². The van der Waals surface area contributed by atoms with Crippen molar-refractivity contribution in [1.82, 2.24) is 9.88 Å². The highest BCUT2D eigenvalue weighted by Gasteiger charge is 2.25. The Balaban J connectivity index is 2.14. The smallest absolute Gasteiger partial charge is 0.276 e. The first kappa shape index (κ1) is 17.1. The summed E-state index contributed by atoms with van der Waals surface area (Å²) in [5, 5.41) is 0. The summed E-state index contributed by atoms with van der Waals surface area (Å²) in [5.41, 5.74) is 1.47. The molecule has 5 nitrogen and oxygen atoms in total. The van der Waals surface area contributed by atoms with E-state index in [1.165, 1.54) is 6.39 Å². The first-order valence-electron chi connectivity index (χ1n) is 7.78. The van der Waals surface area contributed by atoms with Crippen molar-refractivity contribution in [3.63, 3.8) is 0 Å². The van der Waals surface area contributed by atoms with Crippen LogP contribution in [0.5, 0.6) is 5.75 Å². The number of ether oxygens (including phenoxy) is 1. The largest absolute Gasteiger partial charge is 0.496 e. The summed E-state index contributed by atoms with van der Waals surface area (Å²) in [6, 6.07) is 7.87. The van der Waals surface area contributed by atoms with E-state index in [9.17, 15) is 4.79 Å². The Labute approximate surface area is 137 Å². The van der Waals surface area contributed by atoms with Crippen molar-refractivity contribution in [2.24, 2.45) is 0 Å². The number of aromatic nitrogens is 1. The predicted molar refractivity (Wildman–Crippen MR) is 88.8 cm³/mol. The molecular weight excluding hydrogens is 292 g/mol. The Kier molecular flexibility index (Phi) is 5.42. The minimum atomic E-state index is -0.121. The summed E-state index contributed by atoms with van der Waals surface area (Å²) in [6.45, 7) is 5.98. The number of oxazole rings is 1. The highest BCUT2D eigenvalue weighted by molar-refractivity contribution is 5.93. The molecule has 0 fully saturated rings. The number of nitrogens with zero attached hydrogens (tertiary/aromatic N) is 2. The lowest BCUT2D eigenvalue weighted by Crippen LogP contribution is -2.37. The maximum Gasteiger partial charge on any atom is 0.276 e. The van der Waals surface area contributed by atoms with Crippen molar-refractivity contribution in [2.45, 2.75) is 39.2 Å². The second-order valence-corrected chi connectivity index (χ2v) is 6.00. The summed E-state index contributed by atoms with van der Waals surface area (Å²) < 4.78 is 10.7. The molecule has 0 saturated heterocycles. The average Bonchev–Trinajstić information content (AvgIpc) is 3.03. The molecule has 23 heavy (non-hydrogen) atoms. The van der Waals surface area contributed by atoms with Crippen LogP contribution in [0.4, 0.5) is 0 Å². The minimum Gasteiger partial charge on any atom is -0.496 e. The molecule has 5 heteroatoms. The quantitative estimate of drug-likeness (QED) is 0.818. The molecule has 0 aliphatic heterocycles. The van der Waals surface area contributed by atoms with Crippen molar-refractivity contribution in [3.8, 4) is 5.75 Å². The lowest BCUT2D eigenvalue weighted by Gasteiger charge is -2.25. The van der Waals surface area contributed by atoms with Crippen molar-refractivity contribution < 1.29 is 13.9 Å². The molecule has 2 aromatic rings. The van der Waals surface area contributed by atoms with Gasteiger partial charge >= 0.3 is 0 Å². The highest BCUT2D eigenvalue weighted by Crippen LogP contribution is 2.23. The number of carbonyl (C=O) groups is 1. The number of hydrogen-bond acceptors (Lipinski definition) is 4. The third-order valence-corrected chi connectivity index (χ3v) is 4.01. The van der Waals surface area contributed by atoms with Crippen molar-refractivity contribution in [2.75, 3.05) is 14.2 Å². The van der Waals surface area contributed by atoms with Crippen LogP contribution in [0.1, 0.15) is 48.5 Å². The van der Waals surface area contributed by atoms with E-state index in [0.717, 1.165) is 11.3 Å². The number of amides is 1. The lowest BCUT2D eigenvalue weighted by molar-refractivity contribution is 0.0735. The molecule has 0 spiro atoms. The van der Waals surface area contributed by atoms with Crippen LogP contribution in [-0.2, 0) is 6.42 Å². The Morgan fingerprint density at radius 3 is 2.65 bits per heavy atom. The van der Waals surface area contributed by atoms with Crippen LogP contribution in [0.2, 0.25) is 0 Å². The zero-order valence-electron chi connectivity index (χ0n) is 14.4. The van der Waals surface area contributed by atoms with Gasteiger partial charge in [0.25, 0.3) is 5.91 Å². The van der Waals surface area contributed by atoms with Crippen LogP contribution in [0.15, 0.2) is 35.1 Å². The van der Waals surface area contributed by atoms with Gasteiger partial charge in [0.05, 0.1) is 7.11 Å². The molecule has 0 N–H and O–H groups in total. The van der Waals surface area contributed by atoms with E-state index >= 15 is 0 Å². The maximum absolute atomic E-state index is 12.7. The Morgan fingerprint density at radius 2 is 2.00 bits per heavy atom. The normalized spacial score (nSPS) is 12.3. The van der Waals surface area contributed by atoms with Gasteiger partial charge in [0.15, 0.2) is 12.1 Å². The first-order chi connectivity index (χ1) is 11.0. The second kappa shape index (κ2) is 7.31. The molecule has 124 valence electrons. The average molecular weight is 316 g/mol. The number of hydrogen-bond donors (Lipinski definition) is 0. The fourth-order valence-corrected chi connectivity index (χ4v) is 2.52. The number of rotatable bonds is 6. The van der Waals surface area contributed by atoms with E-state index in [-0.39, 0.29) is 17.9 Å². The predicted octanol–water partition coefficient (Wildman–Crippen LogP) is 3.51. The fourth-order valence-electron chi connectivity index (χ4n) is 2.52. The van der Waals surface area contributed by atoms with Gasteiger partial charge in [0.2, 0.25) is 0 Å². The van der Waals surface area contributed by atoms with E-state index in [2.05, 4.69) is 4.98 Å². The molecule has 1 heterocycles. The van der Waals surface area contributed by atoms with Gasteiger partial charge in [-0.2, -0.15) is 0 Å². The molecule has 0 saturated carbocycles. The van der Waals surface area contributed by atoms with Gasteiger partial charge in [-0.1, -0.05) is 32.0 Å². The minimum absolute atomic E-state index is 0.00973. The Bertz CT molecular complexity index is 664. The van der Waals surface area contributed by atoms with Crippen molar-refractivity contribution in [3.05, 3.63) is 47.7 Å². The zero-order chi connectivity index (χ0) is 17.0.